The maximum absolute atomic E-state index is 12.7. The van der Waals surface area contributed by atoms with Gasteiger partial charge in [0.15, 0.2) is 4.80 Å². The van der Waals surface area contributed by atoms with Crippen LogP contribution in [0.2, 0.25) is 5.02 Å². The van der Waals surface area contributed by atoms with Gasteiger partial charge < -0.3 is 14.2 Å². The molecule has 2 rings (SSSR count). The summed E-state index contributed by atoms with van der Waals surface area (Å²) in [7, 11) is 1.62. The number of aromatic nitrogens is 1. The van der Waals surface area contributed by atoms with Crippen LogP contribution in [0.3, 0.4) is 0 Å². The summed E-state index contributed by atoms with van der Waals surface area (Å²) >= 11 is 6.93. The van der Waals surface area contributed by atoms with Crippen LogP contribution in [0.5, 0.6) is 0 Å². The number of fused-ring (bicyclic) bond motifs is 1. The normalized spacial score (nSPS) is 13.0. The van der Waals surface area contributed by atoms with Crippen LogP contribution in [0.25, 0.3) is 10.2 Å². The number of rotatable bonds is 5. The molecule has 1 aromatic carbocycles. The molecule has 2 aromatic rings. The molecule has 0 unspecified atom stereocenters. The predicted octanol–water partition coefficient (Wildman–Crippen LogP) is 4.99. The van der Waals surface area contributed by atoms with Crippen LogP contribution in [0.15, 0.2) is 23.2 Å². The third-order valence-corrected chi connectivity index (χ3v) is 5.19. The van der Waals surface area contributed by atoms with Gasteiger partial charge in [-0.05, 0) is 51.8 Å². The van der Waals surface area contributed by atoms with Crippen LogP contribution in [0, 0.1) is 0 Å². The van der Waals surface area contributed by atoms with Gasteiger partial charge in [-0.3, -0.25) is 4.79 Å². The first kappa shape index (κ1) is 24.2. The summed E-state index contributed by atoms with van der Waals surface area (Å²) in [5, 5.41) is 0.434. The zero-order valence-corrected chi connectivity index (χ0v) is 18.6. The van der Waals surface area contributed by atoms with Gasteiger partial charge in [0.05, 0.1) is 10.2 Å². The van der Waals surface area contributed by atoms with Crippen molar-refractivity contribution >= 4 is 45.2 Å². The van der Waals surface area contributed by atoms with E-state index >= 15 is 0 Å². The first-order valence-corrected chi connectivity index (χ1v) is 10.4. The van der Waals surface area contributed by atoms with Crippen molar-refractivity contribution in [2.45, 2.75) is 51.9 Å². The number of aryl methyl sites for hydroxylation is 1. The van der Waals surface area contributed by atoms with Crippen molar-refractivity contribution in [1.82, 2.24) is 9.47 Å². The average Bonchev–Trinajstić information content (AvgIpc) is 2.92. The zero-order chi connectivity index (χ0) is 22.7. The number of thiazole rings is 1. The van der Waals surface area contributed by atoms with Crippen LogP contribution in [0.4, 0.5) is 18.0 Å². The minimum Gasteiger partial charge on any atom is -0.444 e. The summed E-state index contributed by atoms with van der Waals surface area (Å²) in [6, 6.07) is 4.92. The predicted molar refractivity (Wildman–Crippen MR) is 110 cm³/mol. The topological polar surface area (TPSA) is 63.9 Å². The van der Waals surface area contributed by atoms with E-state index in [4.69, 9.17) is 16.3 Å². The quantitative estimate of drug-likeness (QED) is 0.584. The molecule has 0 aliphatic heterocycles. The molecule has 166 valence electrons. The molecule has 0 aliphatic rings. The Hall–Kier alpha value is -2.07. The van der Waals surface area contributed by atoms with Crippen LogP contribution >= 0.6 is 22.9 Å². The standard InChI is InChI=1S/C19H23ClF3N3O3S/c1-18(2,3)29-17(28)25(4)9-5-6-10-26-13-8-7-12(20)11-14(13)30-16(26)24-15(27)19(21,22)23/h7-8,11H,5-6,9-10H2,1-4H3/b24-16+. The van der Waals surface area contributed by atoms with Crippen molar-refractivity contribution in [3.05, 3.63) is 28.0 Å². The number of benzene rings is 1. The van der Waals surface area contributed by atoms with Crippen molar-refractivity contribution in [3.8, 4) is 0 Å². The maximum atomic E-state index is 12.7. The molecule has 1 aromatic heterocycles. The number of hydrogen-bond acceptors (Lipinski definition) is 4. The van der Waals surface area contributed by atoms with Gasteiger partial charge in [0, 0.05) is 25.2 Å². The molecule has 0 saturated heterocycles. The van der Waals surface area contributed by atoms with Crippen molar-refractivity contribution < 1.29 is 27.5 Å². The van der Waals surface area contributed by atoms with Gasteiger partial charge in [-0.1, -0.05) is 22.9 Å². The third kappa shape index (κ3) is 6.73. The van der Waals surface area contributed by atoms with E-state index < -0.39 is 23.8 Å². The largest absolute Gasteiger partial charge is 0.473 e. The highest BCUT2D eigenvalue weighted by molar-refractivity contribution is 7.16. The van der Waals surface area contributed by atoms with Gasteiger partial charge in [-0.15, -0.1) is 0 Å². The van der Waals surface area contributed by atoms with Crippen molar-refractivity contribution in [2.24, 2.45) is 4.99 Å². The molecule has 6 nitrogen and oxygen atoms in total. The zero-order valence-electron chi connectivity index (χ0n) is 17.0. The number of ether oxygens (including phenoxy) is 1. The number of amides is 2. The number of alkyl halides is 3. The molecule has 0 spiro atoms. The van der Waals surface area contributed by atoms with Gasteiger partial charge >= 0.3 is 18.2 Å². The number of unbranched alkanes of at least 4 members (excludes halogenated alkanes) is 1. The highest BCUT2D eigenvalue weighted by Gasteiger charge is 2.38. The smallest absolute Gasteiger partial charge is 0.444 e. The summed E-state index contributed by atoms with van der Waals surface area (Å²) in [5.74, 6) is -2.15. The van der Waals surface area contributed by atoms with Crippen LogP contribution < -0.4 is 4.80 Å². The molecule has 0 aliphatic carbocycles. The van der Waals surface area contributed by atoms with Gasteiger partial charge in [0.1, 0.15) is 5.60 Å². The van der Waals surface area contributed by atoms with Gasteiger partial charge in [0.2, 0.25) is 0 Å². The fraction of sp³-hybridized carbons (Fsp3) is 0.526. The van der Waals surface area contributed by atoms with E-state index in [2.05, 4.69) is 4.99 Å². The van der Waals surface area contributed by atoms with Crippen molar-refractivity contribution in [1.29, 1.82) is 0 Å². The number of carbonyl (C=O) groups is 2. The Kier molecular flexibility index (Phi) is 7.57. The minimum atomic E-state index is -5.04. The summed E-state index contributed by atoms with van der Waals surface area (Å²) in [6.07, 6.45) is -4.35. The van der Waals surface area contributed by atoms with Gasteiger partial charge in [0.25, 0.3) is 0 Å². The summed E-state index contributed by atoms with van der Waals surface area (Å²) in [4.78, 5) is 28.0. The van der Waals surface area contributed by atoms with E-state index in [-0.39, 0.29) is 4.80 Å². The second-order valence-electron chi connectivity index (χ2n) is 7.67. The molecular formula is C19H23ClF3N3O3S. The SMILES string of the molecule is CN(CCCCn1/c(=N\C(=O)C(F)(F)F)sc2cc(Cl)ccc21)C(=O)OC(C)(C)C. The van der Waals surface area contributed by atoms with Crippen LogP contribution in [-0.4, -0.2) is 46.8 Å². The minimum absolute atomic E-state index is 0.0462. The average molecular weight is 466 g/mol. The Morgan fingerprint density at radius 1 is 1.23 bits per heavy atom. The van der Waals surface area contributed by atoms with E-state index in [1.54, 1.807) is 50.6 Å². The summed E-state index contributed by atoms with van der Waals surface area (Å²) in [6.45, 7) is 6.06. The first-order chi connectivity index (χ1) is 13.8. The fourth-order valence-electron chi connectivity index (χ4n) is 2.55. The lowest BCUT2D eigenvalue weighted by molar-refractivity contribution is -0.169. The maximum Gasteiger partial charge on any atom is 0.473 e. The summed E-state index contributed by atoms with van der Waals surface area (Å²) in [5.41, 5.74) is 0.0399. The second-order valence-corrected chi connectivity index (χ2v) is 9.12. The molecule has 0 fully saturated rings. The lowest BCUT2D eigenvalue weighted by Crippen LogP contribution is -2.34. The van der Waals surface area contributed by atoms with Gasteiger partial charge in [-0.25, -0.2) is 4.79 Å². The highest BCUT2D eigenvalue weighted by Crippen LogP contribution is 2.23. The highest BCUT2D eigenvalue weighted by atomic mass is 35.5. The number of hydrogen-bond donors (Lipinski definition) is 0. The molecule has 1 heterocycles. The fourth-order valence-corrected chi connectivity index (χ4v) is 3.88. The van der Waals surface area contributed by atoms with Crippen LogP contribution in [0.1, 0.15) is 33.6 Å². The molecule has 2 amide bonds. The summed E-state index contributed by atoms with van der Waals surface area (Å²) < 4.78 is 45.4. The number of nitrogens with zero attached hydrogens (tertiary/aromatic N) is 3. The molecule has 30 heavy (non-hydrogen) atoms. The van der Waals surface area contributed by atoms with E-state index in [0.717, 1.165) is 11.3 Å². The van der Waals surface area contributed by atoms with E-state index in [0.29, 0.717) is 41.2 Å². The lowest BCUT2D eigenvalue weighted by atomic mass is 10.2. The van der Waals surface area contributed by atoms with E-state index in [1.807, 2.05) is 0 Å². The Bertz CT molecular complexity index is 993. The van der Waals surface area contributed by atoms with Crippen LogP contribution in [-0.2, 0) is 16.1 Å². The van der Waals surface area contributed by atoms with E-state index in [1.165, 1.54) is 4.90 Å². The van der Waals surface area contributed by atoms with Crippen molar-refractivity contribution in [3.63, 3.8) is 0 Å². The molecule has 0 bridgehead atoms. The Morgan fingerprint density at radius 3 is 2.50 bits per heavy atom. The Morgan fingerprint density at radius 2 is 1.90 bits per heavy atom. The molecule has 0 saturated carbocycles. The Labute approximate surface area is 180 Å². The number of carbonyl (C=O) groups excluding carboxylic acids is 2. The lowest BCUT2D eigenvalue weighted by Gasteiger charge is -2.24. The van der Waals surface area contributed by atoms with Gasteiger partial charge in [-0.2, -0.15) is 18.2 Å². The Balaban J connectivity index is 2.15. The number of halogens is 4. The molecule has 0 radical (unpaired) electrons. The third-order valence-electron chi connectivity index (χ3n) is 3.91. The van der Waals surface area contributed by atoms with E-state index in [9.17, 15) is 22.8 Å². The molecule has 11 heteroatoms. The molecule has 0 atom stereocenters. The second kappa shape index (κ2) is 9.38. The van der Waals surface area contributed by atoms with Crippen molar-refractivity contribution in [2.75, 3.05) is 13.6 Å². The monoisotopic (exact) mass is 465 g/mol. The molecular weight excluding hydrogens is 443 g/mol. The first-order valence-electron chi connectivity index (χ1n) is 9.17. The molecule has 0 N–H and O–H groups in total.